The zero-order valence-electron chi connectivity index (χ0n) is 10.9. The molecule has 0 aliphatic rings. The first-order chi connectivity index (χ1) is 9.53. The number of nitrogens with two attached hydrogens (primary N) is 1. The average Bonchev–Trinajstić information content (AvgIpc) is 2.47. The summed E-state index contributed by atoms with van der Waals surface area (Å²) in [6.45, 7) is 0. The van der Waals surface area contributed by atoms with Gasteiger partial charge in [-0.3, -0.25) is 0 Å². The lowest BCUT2D eigenvalue weighted by molar-refractivity contribution is 0.472. The molecule has 5 heteroatoms. The van der Waals surface area contributed by atoms with Crippen LogP contribution in [0.1, 0.15) is 0 Å². The lowest BCUT2D eigenvalue weighted by Gasteiger charge is -1.98. The van der Waals surface area contributed by atoms with E-state index in [-0.39, 0.29) is 5.75 Å². The molecule has 0 amide bonds. The van der Waals surface area contributed by atoms with E-state index in [1.54, 1.807) is 0 Å². The van der Waals surface area contributed by atoms with Crippen molar-refractivity contribution in [2.75, 3.05) is 5.75 Å². The van der Waals surface area contributed by atoms with E-state index in [0.29, 0.717) is 6.26 Å². The number of primary sulfonamides is 1. The first-order valence-corrected chi connectivity index (χ1v) is 7.64. The van der Waals surface area contributed by atoms with Gasteiger partial charge in [0.25, 0.3) is 0 Å². The van der Waals surface area contributed by atoms with Crippen molar-refractivity contribution in [3.8, 4) is 11.1 Å². The predicted octanol–water partition coefficient (Wildman–Crippen LogP) is 2.70. The lowest BCUT2D eigenvalue weighted by atomic mass is 10.1. The molecule has 0 aliphatic carbocycles. The molecule has 0 aromatic heterocycles. The van der Waals surface area contributed by atoms with Gasteiger partial charge in [0.15, 0.2) is 0 Å². The molecule has 0 bridgehead atoms. The fourth-order valence-corrected chi connectivity index (χ4v) is 1.79. The smallest absolute Gasteiger partial charge is 0.212 e. The number of hydrogen-bond acceptors (Lipinski definition) is 3. The fourth-order valence-electron chi connectivity index (χ4n) is 1.44. The highest BCUT2D eigenvalue weighted by Gasteiger charge is 1.95. The molecule has 2 rings (SSSR count). The second kappa shape index (κ2) is 8.14. The third kappa shape index (κ3) is 6.72. The molecule has 0 saturated heterocycles. The Hall–Kier alpha value is -2.11. The van der Waals surface area contributed by atoms with Crippen molar-refractivity contribution in [2.24, 2.45) is 5.14 Å². The highest BCUT2D eigenvalue weighted by molar-refractivity contribution is 7.89. The molecule has 2 aromatic carbocycles. The van der Waals surface area contributed by atoms with Gasteiger partial charge in [-0.25, -0.2) is 13.6 Å². The Morgan fingerprint density at radius 2 is 1.30 bits per heavy atom. The van der Waals surface area contributed by atoms with Gasteiger partial charge in [-0.15, -0.1) is 0 Å². The van der Waals surface area contributed by atoms with E-state index >= 15 is 0 Å². The van der Waals surface area contributed by atoms with E-state index in [9.17, 15) is 8.42 Å². The summed E-state index contributed by atoms with van der Waals surface area (Å²) in [6, 6.07) is 20.8. The molecule has 20 heavy (non-hydrogen) atoms. The van der Waals surface area contributed by atoms with Gasteiger partial charge in [-0.1, -0.05) is 60.7 Å². The second-order valence-corrected chi connectivity index (χ2v) is 5.61. The van der Waals surface area contributed by atoms with Gasteiger partial charge in [0.1, 0.15) is 0 Å². The summed E-state index contributed by atoms with van der Waals surface area (Å²) in [7, 11) is -3.43. The molecule has 4 nitrogen and oxygen atoms in total. The first kappa shape index (κ1) is 15.9. The molecule has 106 valence electrons. The summed E-state index contributed by atoms with van der Waals surface area (Å²) in [5.74, 6) is -0.316. The molecule has 0 spiro atoms. The summed E-state index contributed by atoms with van der Waals surface area (Å²) < 4.78 is 20.0. The number of benzene rings is 2. The molecule has 0 radical (unpaired) electrons. The Labute approximate surface area is 119 Å². The van der Waals surface area contributed by atoms with Crippen LogP contribution in [0.15, 0.2) is 73.0 Å². The van der Waals surface area contributed by atoms with Gasteiger partial charge in [-0.05, 0) is 17.2 Å². The molecule has 0 unspecified atom stereocenters. The maximum absolute atomic E-state index is 10.0. The minimum Gasteiger partial charge on any atom is -0.516 e. The van der Waals surface area contributed by atoms with Crippen molar-refractivity contribution in [1.82, 2.24) is 0 Å². The van der Waals surface area contributed by atoms with Crippen LogP contribution in [0.3, 0.4) is 0 Å². The third-order valence-corrected chi connectivity index (χ3v) is 2.97. The van der Waals surface area contributed by atoms with E-state index in [1.165, 1.54) is 11.1 Å². The zero-order chi connectivity index (χ0) is 14.8. The Kier molecular flexibility index (Phi) is 6.49. The van der Waals surface area contributed by atoms with Crippen LogP contribution in [0.25, 0.3) is 11.1 Å². The van der Waals surface area contributed by atoms with Crippen molar-refractivity contribution >= 4 is 10.0 Å². The maximum Gasteiger partial charge on any atom is 0.212 e. The average molecular weight is 291 g/mol. The van der Waals surface area contributed by atoms with E-state index in [4.69, 9.17) is 5.11 Å². The highest BCUT2D eigenvalue weighted by atomic mass is 32.2. The van der Waals surface area contributed by atoms with E-state index in [2.05, 4.69) is 53.7 Å². The quantitative estimate of drug-likeness (QED) is 0.853. The maximum atomic E-state index is 10.0. The van der Waals surface area contributed by atoms with Crippen molar-refractivity contribution in [2.45, 2.75) is 0 Å². The Morgan fingerprint density at radius 1 is 0.900 bits per heavy atom. The Bertz CT molecular complexity index is 585. The highest BCUT2D eigenvalue weighted by Crippen LogP contribution is 2.17. The first-order valence-electron chi connectivity index (χ1n) is 5.93. The molecule has 0 aliphatic heterocycles. The zero-order valence-corrected chi connectivity index (χ0v) is 11.7. The minimum atomic E-state index is -3.43. The summed E-state index contributed by atoms with van der Waals surface area (Å²) in [5.41, 5.74) is 2.55. The third-order valence-electron chi connectivity index (χ3n) is 2.31. The number of aliphatic hydroxyl groups excluding tert-OH is 1. The lowest BCUT2D eigenvalue weighted by Crippen LogP contribution is -2.14. The van der Waals surface area contributed by atoms with E-state index in [1.807, 2.05) is 12.1 Å². The summed E-state index contributed by atoms with van der Waals surface area (Å²) >= 11 is 0. The molecular weight excluding hydrogens is 274 g/mol. The van der Waals surface area contributed by atoms with Crippen molar-refractivity contribution in [3.05, 3.63) is 73.0 Å². The molecule has 0 saturated carbocycles. The molecule has 2 aromatic rings. The van der Waals surface area contributed by atoms with Crippen LogP contribution in [0.5, 0.6) is 0 Å². The summed E-state index contributed by atoms with van der Waals surface area (Å²) in [5, 5.41) is 12.5. The Balaban J connectivity index is 0.000000221. The topological polar surface area (TPSA) is 80.4 Å². The normalized spacial score (nSPS) is 10.8. The van der Waals surface area contributed by atoms with Gasteiger partial charge in [0, 0.05) is 0 Å². The van der Waals surface area contributed by atoms with Crippen LogP contribution in [0.2, 0.25) is 0 Å². The van der Waals surface area contributed by atoms with Gasteiger partial charge < -0.3 is 5.11 Å². The van der Waals surface area contributed by atoms with Gasteiger partial charge >= 0.3 is 0 Å². The van der Waals surface area contributed by atoms with Crippen LogP contribution in [0, 0.1) is 0 Å². The fraction of sp³-hybridized carbons (Fsp3) is 0.0667. The summed E-state index contributed by atoms with van der Waals surface area (Å²) in [4.78, 5) is 0. The van der Waals surface area contributed by atoms with Crippen molar-refractivity contribution in [1.29, 1.82) is 0 Å². The van der Waals surface area contributed by atoms with Crippen molar-refractivity contribution in [3.63, 3.8) is 0 Å². The van der Waals surface area contributed by atoms with Crippen LogP contribution in [-0.2, 0) is 10.0 Å². The number of rotatable bonds is 3. The van der Waals surface area contributed by atoms with Crippen LogP contribution in [-0.4, -0.2) is 19.3 Å². The number of aliphatic hydroxyl groups is 1. The number of sulfonamides is 1. The van der Waals surface area contributed by atoms with Crippen LogP contribution in [0.4, 0.5) is 0 Å². The molecular formula is C15H17NO3S. The number of hydrogen-bond donors (Lipinski definition) is 2. The molecule has 0 fully saturated rings. The van der Waals surface area contributed by atoms with E-state index < -0.39 is 10.0 Å². The van der Waals surface area contributed by atoms with Gasteiger partial charge in [-0.2, -0.15) is 0 Å². The molecule has 0 heterocycles. The van der Waals surface area contributed by atoms with Crippen molar-refractivity contribution < 1.29 is 13.5 Å². The minimum absolute atomic E-state index is 0.316. The molecule has 0 atom stereocenters. The standard InChI is InChI=1S/C12H10.C3H7NO3S/c1-3-7-11(8-4-1)12-9-5-2-6-10-12;4-8(6,7)3-1-2-5/h1-10H;1-2,5H,3H2,(H2,4,6,7). The SMILES string of the molecule is NS(=O)(=O)CC=CO.c1ccc(-c2ccccc2)cc1. The van der Waals surface area contributed by atoms with Crippen LogP contribution < -0.4 is 5.14 Å². The van der Waals surface area contributed by atoms with Crippen LogP contribution >= 0.6 is 0 Å². The summed E-state index contributed by atoms with van der Waals surface area (Å²) in [6.07, 6.45) is 1.69. The van der Waals surface area contributed by atoms with Gasteiger partial charge in [0.05, 0.1) is 12.0 Å². The largest absolute Gasteiger partial charge is 0.516 e. The second-order valence-electron chi connectivity index (χ2n) is 3.95. The monoisotopic (exact) mass is 291 g/mol. The Morgan fingerprint density at radius 3 is 1.55 bits per heavy atom. The predicted molar refractivity (Wildman–Crippen MR) is 81.6 cm³/mol. The van der Waals surface area contributed by atoms with Gasteiger partial charge in [0.2, 0.25) is 10.0 Å². The van der Waals surface area contributed by atoms with E-state index in [0.717, 1.165) is 6.08 Å². The molecule has 3 N–H and O–H groups in total.